The lowest BCUT2D eigenvalue weighted by atomic mass is 10.0. The Morgan fingerprint density at radius 3 is 2.58 bits per heavy atom. The van der Waals surface area contributed by atoms with Gasteiger partial charge in [-0.05, 0) is 72.9 Å². The molecule has 1 aliphatic heterocycles. The first-order valence-electron chi connectivity index (χ1n) is 10.2. The lowest BCUT2D eigenvalue weighted by Crippen LogP contribution is -2.29. The summed E-state index contributed by atoms with van der Waals surface area (Å²) in [4.78, 5) is 17.8. The molecule has 1 aliphatic rings. The molecule has 5 rings (SSSR count). The molecule has 7 nitrogen and oxygen atoms in total. The highest BCUT2D eigenvalue weighted by Gasteiger charge is 2.42. The third-order valence-corrected chi connectivity index (χ3v) is 5.85. The Hall–Kier alpha value is -4.17. The first-order valence-corrected chi connectivity index (χ1v) is 10.7. The van der Waals surface area contributed by atoms with Gasteiger partial charge in [0.25, 0.3) is 0 Å². The highest BCUT2D eigenvalue weighted by Crippen LogP contribution is 2.43. The summed E-state index contributed by atoms with van der Waals surface area (Å²) in [5.74, 6) is 0.356. The minimum absolute atomic E-state index is 0.160. The summed E-state index contributed by atoms with van der Waals surface area (Å²) in [7, 11) is 0. The molecule has 1 saturated heterocycles. The number of furan rings is 1. The standard InChI is InChI=1S/C25H19N3O4S/c29-18-9-7-17(8-10-18)28-23(22(27-25(28)33)19-6-1-2-13-26-19)21-12-11-20(32-21)15-4-3-5-16(14-15)24(30)31/h1-14,22-23,29H,(H,27,33)(H,30,31). The molecule has 33 heavy (non-hydrogen) atoms. The van der Waals surface area contributed by atoms with Crippen molar-refractivity contribution in [1.29, 1.82) is 0 Å². The number of nitrogens with one attached hydrogen (secondary N) is 1. The molecule has 164 valence electrons. The van der Waals surface area contributed by atoms with Gasteiger partial charge in [-0.1, -0.05) is 18.2 Å². The summed E-state index contributed by atoms with van der Waals surface area (Å²) >= 11 is 5.67. The van der Waals surface area contributed by atoms with E-state index < -0.39 is 5.97 Å². The van der Waals surface area contributed by atoms with Crippen molar-refractivity contribution in [2.75, 3.05) is 4.90 Å². The maximum atomic E-state index is 11.4. The van der Waals surface area contributed by atoms with Crippen LogP contribution in [0.1, 0.15) is 33.9 Å². The number of rotatable bonds is 5. The van der Waals surface area contributed by atoms with Crippen molar-refractivity contribution in [2.24, 2.45) is 0 Å². The van der Waals surface area contributed by atoms with Crippen molar-refractivity contribution in [3.8, 4) is 17.1 Å². The van der Waals surface area contributed by atoms with Gasteiger partial charge in [0, 0.05) is 17.4 Å². The summed E-state index contributed by atoms with van der Waals surface area (Å²) in [6.07, 6.45) is 1.73. The Labute approximate surface area is 194 Å². The number of carbonyl (C=O) groups is 1. The summed E-state index contributed by atoms with van der Waals surface area (Å²) in [6.45, 7) is 0. The fourth-order valence-corrected chi connectivity index (χ4v) is 4.35. The number of hydrogen-bond acceptors (Lipinski definition) is 5. The van der Waals surface area contributed by atoms with E-state index in [0.29, 0.717) is 22.2 Å². The minimum Gasteiger partial charge on any atom is -0.508 e. The number of benzene rings is 2. The number of aromatic hydroxyl groups is 1. The number of aromatic carboxylic acids is 1. The predicted molar refractivity (Wildman–Crippen MR) is 127 cm³/mol. The van der Waals surface area contributed by atoms with Gasteiger partial charge < -0.3 is 24.8 Å². The van der Waals surface area contributed by atoms with Crippen molar-refractivity contribution in [2.45, 2.75) is 12.1 Å². The Morgan fingerprint density at radius 2 is 1.85 bits per heavy atom. The number of nitrogens with zero attached hydrogens (tertiary/aromatic N) is 2. The van der Waals surface area contributed by atoms with Crippen LogP contribution in [0.3, 0.4) is 0 Å². The molecule has 2 unspecified atom stereocenters. The van der Waals surface area contributed by atoms with Crippen LogP contribution in [0, 0.1) is 0 Å². The Bertz CT molecular complexity index is 1320. The average molecular weight is 458 g/mol. The smallest absolute Gasteiger partial charge is 0.335 e. The fraction of sp³-hybridized carbons (Fsp3) is 0.0800. The number of phenolic OH excluding ortho intramolecular Hbond substituents is 1. The topological polar surface area (TPSA) is 98.8 Å². The third-order valence-electron chi connectivity index (χ3n) is 5.54. The van der Waals surface area contributed by atoms with Crippen molar-refractivity contribution >= 4 is 29.0 Å². The zero-order valence-corrected chi connectivity index (χ0v) is 18.1. The van der Waals surface area contributed by atoms with Gasteiger partial charge in [-0.15, -0.1) is 0 Å². The molecule has 8 heteroatoms. The summed E-state index contributed by atoms with van der Waals surface area (Å²) in [5, 5.41) is 22.9. The van der Waals surface area contributed by atoms with Gasteiger partial charge >= 0.3 is 5.97 Å². The van der Waals surface area contributed by atoms with Crippen molar-refractivity contribution in [1.82, 2.24) is 10.3 Å². The summed E-state index contributed by atoms with van der Waals surface area (Å²) in [6, 6.07) is 22.1. The molecule has 0 radical (unpaired) electrons. The van der Waals surface area contributed by atoms with Crippen LogP contribution in [0.15, 0.2) is 89.5 Å². The average Bonchev–Trinajstić information content (AvgIpc) is 3.45. The second-order valence-electron chi connectivity index (χ2n) is 7.60. The number of pyridine rings is 1. The van der Waals surface area contributed by atoms with E-state index in [4.69, 9.17) is 16.6 Å². The molecule has 0 aliphatic carbocycles. The second-order valence-corrected chi connectivity index (χ2v) is 7.99. The van der Waals surface area contributed by atoms with Gasteiger partial charge in [0.2, 0.25) is 0 Å². The van der Waals surface area contributed by atoms with E-state index in [1.807, 2.05) is 35.2 Å². The molecule has 0 saturated carbocycles. The van der Waals surface area contributed by atoms with E-state index in [-0.39, 0.29) is 23.4 Å². The lowest BCUT2D eigenvalue weighted by Gasteiger charge is -2.26. The van der Waals surface area contributed by atoms with Crippen LogP contribution in [-0.4, -0.2) is 26.3 Å². The number of hydrogen-bond donors (Lipinski definition) is 3. The lowest BCUT2D eigenvalue weighted by molar-refractivity contribution is 0.0697. The Kier molecular flexibility index (Phi) is 5.27. The Morgan fingerprint density at radius 1 is 1.03 bits per heavy atom. The molecule has 0 bridgehead atoms. The summed E-state index contributed by atoms with van der Waals surface area (Å²) in [5.41, 5.74) is 2.45. The molecule has 0 amide bonds. The van der Waals surface area contributed by atoms with E-state index in [1.165, 1.54) is 0 Å². The van der Waals surface area contributed by atoms with Crippen molar-refractivity contribution in [3.05, 3.63) is 102 Å². The minimum atomic E-state index is -0.998. The van der Waals surface area contributed by atoms with Crippen LogP contribution in [0.25, 0.3) is 11.3 Å². The highest BCUT2D eigenvalue weighted by atomic mass is 32.1. The van der Waals surface area contributed by atoms with Gasteiger partial charge in [0.1, 0.15) is 23.3 Å². The number of carboxylic acids is 1. The van der Waals surface area contributed by atoms with Crippen molar-refractivity contribution < 1.29 is 19.4 Å². The quantitative estimate of drug-likeness (QED) is 0.363. The van der Waals surface area contributed by atoms with Gasteiger partial charge in [0.05, 0.1) is 17.3 Å². The first kappa shape index (κ1) is 20.7. The van der Waals surface area contributed by atoms with Crippen LogP contribution in [0.4, 0.5) is 5.69 Å². The van der Waals surface area contributed by atoms with Crippen LogP contribution < -0.4 is 10.2 Å². The molecule has 0 spiro atoms. The maximum absolute atomic E-state index is 11.4. The van der Waals surface area contributed by atoms with E-state index in [2.05, 4.69) is 10.3 Å². The molecule has 3 heterocycles. The normalized spacial score (nSPS) is 17.7. The molecule has 2 atom stereocenters. The van der Waals surface area contributed by atoms with Crippen LogP contribution >= 0.6 is 12.2 Å². The number of thiocarbonyl (C=S) groups is 1. The molecule has 3 N–H and O–H groups in total. The molecule has 2 aromatic heterocycles. The molecule has 4 aromatic rings. The third kappa shape index (κ3) is 3.92. The molecule has 1 fully saturated rings. The number of carboxylic acid groups (broad SMARTS) is 1. The maximum Gasteiger partial charge on any atom is 0.335 e. The zero-order valence-electron chi connectivity index (χ0n) is 17.3. The SMILES string of the molecule is O=C(O)c1cccc(-c2ccc(C3C(c4ccccn4)NC(=S)N3c3ccc(O)cc3)o2)c1. The largest absolute Gasteiger partial charge is 0.508 e. The zero-order chi connectivity index (χ0) is 22.9. The number of aromatic nitrogens is 1. The van der Waals surface area contributed by atoms with Gasteiger partial charge in [0.15, 0.2) is 5.11 Å². The predicted octanol–water partition coefficient (Wildman–Crippen LogP) is 4.92. The summed E-state index contributed by atoms with van der Waals surface area (Å²) < 4.78 is 6.25. The second kappa shape index (κ2) is 8.40. The number of phenols is 1. The van der Waals surface area contributed by atoms with E-state index in [1.54, 1.807) is 54.7 Å². The first-order chi connectivity index (χ1) is 16.0. The molecular formula is C25H19N3O4S. The Balaban J connectivity index is 1.58. The van der Waals surface area contributed by atoms with Crippen molar-refractivity contribution in [3.63, 3.8) is 0 Å². The van der Waals surface area contributed by atoms with Gasteiger partial charge in [-0.3, -0.25) is 4.98 Å². The highest BCUT2D eigenvalue weighted by molar-refractivity contribution is 7.80. The molecular weight excluding hydrogens is 438 g/mol. The van der Waals surface area contributed by atoms with Crippen LogP contribution in [0.2, 0.25) is 0 Å². The van der Waals surface area contributed by atoms with E-state index >= 15 is 0 Å². The monoisotopic (exact) mass is 457 g/mol. The van der Waals surface area contributed by atoms with Gasteiger partial charge in [-0.2, -0.15) is 0 Å². The van der Waals surface area contributed by atoms with Gasteiger partial charge in [-0.25, -0.2) is 4.79 Å². The fourth-order valence-electron chi connectivity index (χ4n) is 4.01. The number of anilines is 1. The van der Waals surface area contributed by atoms with Crippen LogP contribution in [0.5, 0.6) is 5.75 Å². The molecule has 2 aromatic carbocycles. The van der Waals surface area contributed by atoms with Crippen LogP contribution in [-0.2, 0) is 0 Å². The van der Waals surface area contributed by atoms with E-state index in [9.17, 15) is 15.0 Å². The van der Waals surface area contributed by atoms with E-state index in [0.717, 1.165) is 11.4 Å².